The zero-order chi connectivity index (χ0) is 35.4. The summed E-state index contributed by atoms with van der Waals surface area (Å²) in [6.45, 7) is 7.85. The smallest absolute Gasteiger partial charge is 0.261 e. The molecule has 0 fully saturated rings. The average Bonchev–Trinajstić information content (AvgIpc) is 3.75. The van der Waals surface area contributed by atoms with Crippen molar-refractivity contribution in [3.05, 3.63) is 151 Å². The van der Waals surface area contributed by atoms with Crippen LogP contribution in [0, 0.1) is 5.82 Å². The van der Waals surface area contributed by atoms with Crippen LogP contribution in [-0.4, -0.2) is 41.4 Å². The van der Waals surface area contributed by atoms with Crippen LogP contribution in [0.2, 0.25) is 5.04 Å². The molecule has 0 bridgehead atoms. The third-order valence-electron chi connectivity index (χ3n) is 9.54. The second kappa shape index (κ2) is 14.6. The molecular formula is C43H43FN4O2Si. The number of aryl methyl sites for hydroxylation is 1. The van der Waals surface area contributed by atoms with Crippen molar-refractivity contribution in [3.63, 3.8) is 0 Å². The van der Waals surface area contributed by atoms with Crippen molar-refractivity contribution in [2.75, 3.05) is 13.7 Å². The van der Waals surface area contributed by atoms with E-state index in [1.807, 2.05) is 35.1 Å². The number of rotatable bonds is 12. The van der Waals surface area contributed by atoms with Gasteiger partial charge in [-0.15, -0.1) is 0 Å². The maximum Gasteiger partial charge on any atom is 0.261 e. The Bertz CT molecular complexity index is 2170. The molecule has 51 heavy (non-hydrogen) atoms. The molecule has 0 atom stereocenters. The van der Waals surface area contributed by atoms with Gasteiger partial charge in [-0.25, -0.2) is 14.1 Å². The normalized spacial score (nSPS) is 12.1. The van der Waals surface area contributed by atoms with E-state index in [0.29, 0.717) is 19.8 Å². The summed E-state index contributed by atoms with van der Waals surface area (Å²) in [4.78, 5) is 4.80. The van der Waals surface area contributed by atoms with E-state index in [1.165, 1.54) is 22.5 Å². The molecule has 6 nitrogen and oxygen atoms in total. The van der Waals surface area contributed by atoms with Crippen LogP contribution in [0.1, 0.15) is 32.9 Å². The molecule has 0 aliphatic carbocycles. The molecule has 7 aromatic rings. The first-order chi connectivity index (χ1) is 24.8. The summed E-state index contributed by atoms with van der Waals surface area (Å²) in [6.07, 6.45) is 3.34. The molecule has 4 aromatic carbocycles. The molecule has 0 N–H and O–H groups in total. The fourth-order valence-electron chi connectivity index (χ4n) is 7.24. The number of ether oxygens (including phenoxy) is 1. The van der Waals surface area contributed by atoms with Crippen molar-refractivity contribution in [1.82, 2.24) is 19.3 Å². The van der Waals surface area contributed by atoms with Crippen LogP contribution in [0.15, 0.2) is 140 Å². The number of halogens is 1. The minimum atomic E-state index is -2.65. The van der Waals surface area contributed by atoms with Crippen LogP contribution in [-0.2, 0) is 22.3 Å². The van der Waals surface area contributed by atoms with Crippen LogP contribution >= 0.6 is 0 Å². The number of benzene rings is 4. The van der Waals surface area contributed by atoms with Gasteiger partial charge in [0.25, 0.3) is 8.32 Å². The number of aromatic nitrogens is 4. The third kappa shape index (κ3) is 6.70. The molecule has 0 amide bonds. The summed E-state index contributed by atoms with van der Waals surface area (Å²) >= 11 is 0. The van der Waals surface area contributed by atoms with Crippen LogP contribution in [0.25, 0.3) is 39.2 Å². The number of fused-ring (bicyclic) bond motifs is 1. The van der Waals surface area contributed by atoms with Crippen LogP contribution < -0.4 is 10.4 Å². The molecule has 0 radical (unpaired) electrons. The molecule has 0 aliphatic heterocycles. The molecule has 0 aliphatic rings. The summed E-state index contributed by atoms with van der Waals surface area (Å²) in [7, 11) is -0.961. The fourth-order valence-corrected chi connectivity index (χ4v) is 11.8. The standard InChI is InChI=1S/C43H43FN4O2Si/c1-43(2,3)51(36-18-10-6-11-19-36,37-20-12-7-13-21-37)50-28-14-17-34-29-41(48(46-34)35-24-22-33(44)23-25-35)38-26-27-45-42-39(38)30-40(47(42)31-49-4)32-15-8-5-9-16-32/h5-13,15-16,18-27,29-30H,14,17,28,31H2,1-4H3. The van der Waals surface area contributed by atoms with E-state index < -0.39 is 8.32 Å². The lowest BCUT2D eigenvalue weighted by atomic mass is 10.1. The van der Waals surface area contributed by atoms with Gasteiger partial charge < -0.3 is 13.7 Å². The summed E-state index contributed by atoms with van der Waals surface area (Å²) < 4.78 is 30.9. The van der Waals surface area contributed by atoms with Gasteiger partial charge in [-0.05, 0) is 76.3 Å². The highest BCUT2D eigenvalue weighted by molar-refractivity contribution is 6.99. The number of nitrogens with zero attached hydrogens (tertiary/aromatic N) is 4. The van der Waals surface area contributed by atoms with Crippen LogP contribution in [0.4, 0.5) is 4.39 Å². The minimum Gasteiger partial charge on any atom is -0.407 e. The largest absolute Gasteiger partial charge is 0.407 e. The Morgan fingerprint density at radius 3 is 1.98 bits per heavy atom. The van der Waals surface area contributed by atoms with Gasteiger partial charge in [-0.1, -0.05) is 112 Å². The molecular weight excluding hydrogens is 652 g/mol. The summed E-state index contributed by atoms with van der Waals surface area (Å²) in [6, 6.07) is 44.6. The Hall–Kier alpha value is -5.15. The van der Waals surface area contributed by atoms with E-state index in [-0.39, 0.29) is 10.9 Å². The monoisotopic (exact) mass is 694 g/mol. The number of hydrogen-bond donors (Lipinski definition) is 0. The number of pyridine rings is 1. The lowest BCUT2D eigenvalue weighted by molar-refractivity contribution is 0.135. The van der Waals surface area contributed by atoms with Gasteiger partial charge in [-0.2, -0.15) is 5.10 Å². The van der Waals surface area contributed by atoms with Crippen molar-refractivity contribution < 1.29 is 13.6 Å². The van der Waals surface area contributed by atoms with E-state index in [4.69, 9.17) is 19.2 Å². The molecule has 258 valence electrons. The second-order valence-corrected chi connectivity index (χ2v) is 18.2. The van der Waals surface area contributed by atoms with Crippen molar-refractivity contribution in [1.29, 1.82) is 0 Å². The van der Waals surface area contributed by atoms with E-state index in [1.54, 1.807) is 19.2 Å². The van der Waals surface area contributed by atoms with Gasteiger partial charge in [0.1, 0.15) is 18.2 Å². The Labute approximate surface area is 300 Å². The highest BCUT2D eigenvalue weighted by Crippen LogP contribution is 2.38. The first-order valence-electron chi connectivity index (χ1n) is 17.4. The SMILES string of the molecule is COCn1c(-c2ccccc2)cc2c(-c3cc(CCCO[Si](c4ccccc4)(c4ccccc4)C(C)(C)C)nn3-c3ccc(F)cc3)ccnc21. The van der Waals surface area contributed by atoms with E-state index in [9.17, 15) is 4.39 Å². The quantitative estimate of drug-likeness (QED) is 0.0948. The maximum absolute atomic E-state index is 14.1. The average molecular weight is 695 g/mol. The maximum atomic E-state index is 14.1. The zero-order valence-electron chi connectivity index (χ0n) is 29.6. The summed E-state index contributed by atoms with van der Waals surface area (Å²) in [5.74, 6) is -0.288. The lowest BCUT2D eigenvalue weighted by Crippen LogP contribution is -2.66. The van der Waals surface area contributed by atoms with Crippen molar-refractivity contribution >= 4 is 29.7 Å². The predicted molar refractivity (Wildman–Crippen MR) is 207 cm³/mol. The Kier molecular flexibility index (Phi) is 9.82. The fraction of sp³-hybridized carbons (Fsp3) is 0.209. The molecule has 0 saturated carbocycles. The zero-order valence-corrected chi connectivity index (χ0v) is 30.6. The highest BCUT2D eigenvalue weighted by atomic mass is 28.4. The highest BCUT2D eigenvalue weighted by Gasteiger charge is 2.50. The van der Waals surface area contributed by atoms with Gasteiger partial charge in [0, 0.05) is 30.9 Å². The molecule has 3 aromatic heterocycles. The molecule has 7 rings (SSSR count). The molecule has 0 saturated heterocycles. The van der Waals surface area contributed by atoms with Gasteiger partial charge >= 0.3 is 0 Å². The predicted octanol–water partition coefficient (Wildman–Crippen LogP) is 8.81. The second-order valence-electron chi connectivity index (χ2n) is 13.9. The van der Waals surface area contributed by atoms with Crippen molar-refractivity contribution in [2.45, 2.75) is 45.4 Å². The molecule has 0 unspecified atom stereocenters. The van der Waals surface area contributed by atoms with Crippen LogP contribution in [0.3, 0.4) is 0 Å². The Balaban J connectivity index is 1.25. The van der Waals surface area contributed by atoms with Gasteiger partial charge in [0.15, 0.2) is 0 Å². The number of methoxy groups -OCH3 is 1. The number of hydrogen-bond acceptors (Lipinski definition) is 4. The van der Waals surface area contributed by atoms with E-state index >= 15 is 0 Å². The molecule has 8 heteroatoms. The van der Waals surface area contributed by atoms with E-state index in [2.05, 4.69) is 110 Å². The molecule has 3 heterocycles. The van der Waals surface area contributed by atoms with Crippen molar-refractivity contribution in [3.8, 4) is 28.2 Å². The first-order valence-corrected chi connectivity index (χ1v) is 19.3. The van der Waals surface area contributed by atoms with Gasteiger partial charge in [0.2, 0.25) is 0 Å². The van der Waals surface area contributed by atoms with Crippen molar-refractivity contribution in [2.24, 2.45) is 0 Å². The van der Waals surface area contributed by atoms with Gasteiger partial charge in [0.05, 0.1) is 22.8 Å². The van der Waals surface area contributed by atoms with Gasteiger partial charge in [-0.3, -0.25) is 0 Å². The minimum absolute atomic E-state index is 0.0996. The third-order valence-corrected chi connectivity index (χ3v) is 14.6. The topological polar surface area (TPSA) is 54.1 Å². The summed E-state index contributed by atoms with van der Waals surface area (Å²) in [5, 5.41) is 8.53. The summed E-state index contributed by atoms with van der Waals surface area (Å²) in [5.41, 5.74) is 6.52. The lowest BCUT2D eigenvalue weighted by Gasteiger charge is -2.43. The van der Waals surface area contributed by atoms with E-state index in [0.717, 1.165) is 51.4 Å². The first kappa shape index (κ1) is 34.3. The Morgan fingerprint density at radius 1 is 0.745 bits per heavy atom. The van der Waals surface area contributed by atoms with Crippen LogP contribution in [0.5, 0.6) is 0 Å². The molecule has 0 spiro atoms. The Morgan fingerprint density at radius 2 is 1.37 bits per heavy atom.